The van der Waals surface area contributed by atoms with Crippen molar-refractivity contribution in [3.05, 3.63) is 16.5 Å². The molecule has 0 amide bonds. The number of aryl methyl sites for hydroxylation is 1. The minimum Gasteiger partial charge on any atom is -0.454 e. The topological polar surface area (TPSA) is 82.5 Å². The number of halogens is 1. The summed E-state index contributed by atoms with van der Waals surface area (Å²) in [6.45, 7) is 2.54. The molecule has 0 aliphatic heterocycles. The standard InChI is InChI=1S/C18H30ClNO5/c1-2-3-4-5-6-7-8-9-10-15(13-14-23-17(19)21)11-12-16-20-25-18(22)24-16/h15H,2-14H2,1H3. The zero-order chi connectivity index (χ0) is 18.3. The molecule has 1 aromatic rings. The molecule has 0 saturated carbocycles. The summed E-state index contributed by atoms with van der Waals surface area (Å²) in [7, 11) is 0. The lowest BCUT2D eigenvalue weighted by Crippen LogP contribution is -2.08. The Kier molecular flexibility index (Phi) is 12.1. The highest BCUT2D eigenvalue weighted by Gasteiger charge is 2.13. The number of hydrogen-bond donors (Lipinski definition) is 0. The van der Waals surface area contributed by atoms with E-state index in [9.17, 15) is 9.59 Å². The van der Waals surface area contributed by atoms with E-state index in [0.717, 1.165) is 25.7 Å². The number of aromatic nitrogens is 1. The molecule has 6 nitrogen and oxygen atoms in total. The fraction of sp³-hybridized carbons (Fsp3) is 0.833. The molecule has 144 valence electrons. The Balaban J connectivity index is 2.22. The van der Waals surface area contributed by atoms with E-state index in [4.69, 9.17) is 20.8 Å². The third-order valence-corrected chi connectivity index (χ3v) is 4.51. The van der Waals surface area contributed by atoms with E-state index in [0.29, 0.717) is 24.8 Å². The Bertz CT molecular complexity index is 514. The van der Waals surface area contributed by atoms with Gasteiger partial charge in [-0.15, -0.1) is 0 Å². The van der Waals surface area contributed by atoms with Gasteiger partial charge in [-0.25, -0.2) is 9.59 Å². The molecule has 0 fully saturated rings. The van der Waals surface area contributed by atoms with Crippen LogP contribution in [0.5, 0.6) is 0 Å². The van der Waals surface area contributed by atoms with Gasteiger partial charge in [0.15, 0.2) is 0 Å². The van der Waals surface area contributed by atoms with Crippen LogP contribution in [0.25, 0.3) is 0 Å². The van der Waals surface area contributed by atoms with Crippen molar-refractivity contribution in [2.24, 2.45) is 5.92 Å². The molecular formula is C18H30ClNO5. The number of carbonyl (C=O) groups excluding carboxylic acids is 1. The summed E-state index contributed by atoms with van der Waals surface area (Å²) < 4.78 is 14.1. The predicted molar refractivity (Wildman–Crippen MR) is 95.9 cm³/mol. The molecule has 1 rings (SSSR count). The Morgan fingerprint density at radius 1 is 1.08 bits per heavy atom. The maximum Gasteiger partial charge on any atom is 0.542 e. The molecule has 7 heteroatoms. The van der Waals surface area contributed by atoms with Crippen LogP contribution in [-0.4, -0.2) is 17.2 Å². The predicted octanol–water partition coefficient (Wildman–Crippen LogP) is 5.47. The van der Waals surface area contributed by atoms with Crippen molar-refractivity contribution in [1.82, 2.24) is 5.16 Å². The lowest BCUT2D eigenvalue weighted by molar-refractivity contribution is 0.161. The molecule has 0 saturated heterocycles. The summed E-state index contributed by atoms with van der Waals surface area (Å²) in [6, 6.07) is 0. The van der Waals surface area contributed by atoms with Crippen LogP contribution in [0.1, 0.15) is 83.4 Å². The van der Waals surface area contributed by atoms with E-state index >= 15 is 0 Å². The summed E-state index contributed by atoms with van der Waals surface area (Å²) in [5.41, 5.74) is -0.770. The quantitative estimate of drug-likeness (QED) is 0.298. The van der Waals surface area contributed by atoms with E-state index < -0.39 is 11.3 Å². The van der Waals surface area contributed by atoms with Gasteiger partial charge < -0.3 is 9.15 Å². The SMILES string of the molecule is CCCCCCCCCCC(CCOC(=O)Cl)CCc1noc(=O)o1. The number of carbonyl (C=O) groups is 1. The summed E-state index contributed by atoms with van der Waals surface area (Å²) in [6.07, 6.45) is 13.4. The summed E-state index contributed by atoms with van der Waals surface area (Å²) in [4.78, 5) is 21.5. The van der Waals surface area contributed by atoms with Crippen molar-refractivity contribution in [1.29, 1.82) is 0 Å². The van der Waals surface area contributed by atoms with Crippen LogP contribution in [0.2, 0.25) is 0 Å². The van der Waals surface area contributed by atoms with Gasteiger partial charge in [-0.05, 0) is 23.9 Å². The lowest BCUT2D eigenvalue weighted by Gasteiger charge is -2.15. The molecule has 0 aliphatic carbocycles. The molecule has 0 radical (unpaired) electrons. The maximum atomic E-state index is 10.9. The summed E-state index contributed by atoms with van der Waals surface area (Å²) in [5.74, 6) is -0.0796. The molecule has 1 unspecified atom stereocenters. The normalized spacial score (nSPS) is 12.2. The van der Waals surface area contributed by atoms with E-state index in [2.05, 4.69) is 16.6 Å². The molecule has 1 heterocycles. The number of unbranched alkanes of at least 4 members (excludes halogenated alkanes) is 7. The van der Waals surface area contributed by atoms with E-state index in [1.807, 2.05) is 0 Å². The minimum atomic E-state index is -0.773. The molecule has 0 aliphatic rings. The number of hydrogen-bond acceptors (Lipinski definition) is 6. The molecule has 1 atom stereocenters. The van der Waals surface area contributed by atoms with Gasteiger partial charge in [0.25, 0.3) is 0 Å². The van der Waals surface area contributed by atoms with E-state index in [1.54, 1.807) is 0 Å². The first kappa shape index (κ1) is 21.7. The van der Waals surface area contributed by atoms with Crippen molar-refractivity contribution in [2.45, 2.75) is 84.0 Å². The minimum absolute atomic E-state index is 0.312. The maximum absolute atomic E-state index is 10.9. The Morgan fingerprint density at radius 2 is 1.76 bits per heavy atom. The Labute approximate surface area is 154 Å². The monoisotopic (exact) mass is 375 g/mol. The first-order valence-electron chi connectivity index (χ1n) is 9.39. The summed E-state index contributed by atoms with van der Waals surface area (Å²) in [5, 5.41) is 3.58. The van der Waals surface area contributed by atoms with Gasteiger partial charge in [0, 0.05) is 18.0 Å². The second kappa shape index (κ2) is 13.9. The molecule has 25 heavy (non-hydrogen) atoms. The van der Waals surface area contributed by atoms with Crippen molar-refractivity contribution < 1.29 is 18.5 Å². The van der Waals surface area contributed by atoms with Crippen molar-refractivity contribution in [2.75, 3.05) is 6.61 Å². The van der Waals surface area contributed by atoms with Gasteiger partial charge in [-0.2, -0.15) is 0 Å². The fourth-order valence-corrected chi connectivity index (χ4v) is 3.03. The zero-order valence-corrected chi connectivity index (χ0v) is 15.9. The molecule has 0 N–H and O–H groups in total. The Morgan fingerprint density at radius 3 is 2.36 bits per heavy atom. The van der Waals surface area contributed by atoms with Crippen LogP contribution in [0, 0.1) is 5.92 Å². The Hall–Kier alpha value is -1.30. The van der Waals surface area contributed by atoms with Crippen molar-refractivity contribution in [3.63, 3.8) is 0 Å². The zero-order valence-electron chi connectivity index (χ0n) is 15.1. The highest BCUT2D eigenvalue weighted by Crippen LogP contribution is 2.21. The smallest absolute Gasteiger partial charge is 0.454 e. The van der Waals surface area contributed by atoms with Crippen LogP contribution in [0.4, 0.5) is 4.79 Å². The summed E-state index contributed by atoms with van der Waals surface area (Å²) >= 11 is 5.20. The second-order valence-electron chi connectivity index (χ2n) is 6.47. The first-order chi connectivity index (χ1) is 12.1. The van der Waals surface area contributed by atoms with Crippen LogP contribution in [-0.2, 0) is 11.2 Å². The number of rotatable bonds is 15. The number of nitrogens with zero attached hydrogens (tertiary/aromatic N) is 1. The third-order valence-electron chi connectivity index (χ3n) is 4.40. The van der Waals surface area contributed by atoms with Crippen molar-refractivity contribution >= 4 is 17.0 Å². The molecule has 0 bridgehead atoms. The molecule has 0 aromatic carbocycles. The van der Waals surface area contributed by atoms with Gasteiger partial charge in [0.05, 0.1) is 6.61 Å². The van der Waals surface area contributed by atoms with E-state index in [1.165, 1.54) is 44.9 Å². The average Bonchev–Trinajstić information content (AvgIpc) is 2.99. The first-order valence-corrected chi connectivity index (χ1v) is 9.77. The fourth-order valence-electron chi connectivity index (χ4n) is 2.95. The highest BCUT2D eigenvalue weighted by molar-refractivity contribution is 6.61. The second-order valence-corrected chi connectivity index (χ2v) is 6.78. The van der Waals surface area contributed by atoms with Crippen LogP contribution in [0.3, 0.4) is 0 Å². The van der Waals surface area contributed by atoms with Gasteiger partial charge in [0.1, 0.15) is 0 Å². The third kappa shape index (κ3) is 11.8. The molecule has 0 spiro atoms. The van der Waals surface area contributed by atoms with E-state index in [-0.39, 0.29) is 0 Å². The molecule has 1 aromatic heterocycles. The van der Waals surface area contributed by atoms with Crippen LogP contribution >= 0.6 is 11.6 Å². The largest absolute Gasteiger partial charge is 0.542 e. The lowest BCUT2D eigenvalue weighted by atomic mass is 9.93. The van der Waals surface area contributed by atoms with Gasteiger partial charge in [-0.3, -0.25) is 4.52 Å². The molecular weight excluding hydrogens is 346 g/mol. The van der Waals surface area contributed by atoms with Gasteiger partial charge >= 0.3 is 11.3 Å². The van der Waals surface area contributed by atoms with Crippen molar-refractivity contribution in [3.8, 4) is 0 Å². The van der Waals surface area contributed by atoms with Gasteiger partial charge in [-0.1, -0.05) is 64.7 Å². The average molecular weight is 376 g/mol. The highest BCUT2D eigenvalue weighted by atomic mass is 35.5. The van der Waals surface area contributed by atoms with Crippen LogP contribution in [0.15, 0.2) is 13.7 Å². The number of ether oxygens (including phenoxy) is 1. The van der Waals surface area contributed by atoms with Crippen LogP contribution < -0.4 is 5.82 Å². The van der Waals surface area contributed by atoms with Gasteiger partial charge in [0.2, 0.25) is 5.89 Å².